The van der Waals surface area contributed by atoms with Gasteiger partial charge >= 0.3 is 0 Å². The van der Waals surface area contributed by atoms with Gasteiger partial charge < -0.3 is 5.32 Å². The van der Waals surface area contributed by atoms with Gasteiger partial charge in [-0.3, -0.25) is 0 Å². The second-order valence-corrected chi connectivity index (χ2v) is 2.49. The van der Waals surface area contributed by atoms with Crippen LogP contribution in [0.4, 0.5) is 4.39 Å². The topological polar surface area (TPSA) is 12.0 Å². The van der Waals surface area contributed by atoms with Gasteiger partial charge in [-0.2, -0.15) is 0 Å². The van der Waals surface area contributed by atoms with Crippen molar-refractivity contribution in [3.8, 4) is 0 Å². The molecular weight excluding hydrogens is 141 g/mol. The molecule has 0 aromatic heterocycles. The molecule has 0 saturated carbocycles. The van der Waals surface area contributed by atoms with Gasteiger partial charge in [0.05, 0.1) is 0 Å². The van der Waals surface area contributed by atoms with E-state index in [2.05, 4.69) is 5.32 Å². The second kappa shape index (κ2) is 4.07. The lowest BCUT2D eigenvalue weighted by Crippen LogP contribution is -2.35. The van der Waals surface area contributed by atoms with E-state index in [0.717, 1.165) is 13.1 Å². The van der Waals surface area contributed by atoms with Crippen molar-refractivity contribution >= 4 is 12.4 Å². The average molecular weight is 154 g/mol. The highest BCUT2D eigenvalue weighted by atomic mass is 35.5. The van der Waals surface area contributed by atoms with Gasteiger partial charge in [0, 0.05) is 6.54 Å². The Kier molecular flexibility index (Phi) is 4.15. The first-order chi connectivity index (χ1) is 3.80. The first-order valence-corrected chi connectivity index (χ1v) is 3.15. The third-order valence-electron chi connectivity index (χ3n) is 1.68. The van der Waals surface area contributed by atoms with Crippen LogP contribution in [0, 0.1) is 5.92 Å². The highest BCUT2D eigenvalue weighted by Crippen LogP contribution is 2.12. The summed E-state index contributed by atoms with van der Waals surface area (Å²) in [7, 11) is 0. The van der Waals surface area contributed by atoms with Gasteiger partial charge in [0.15, 0.2) is 0 Å². The Bertz CT molecular complexity index is 69.5. The third-order valence-corrected chi connectivity index (χ3v) is 1.68. The van der Waals surface area contributed by atoms with Crippen molar-refractivity contribution in [3.05, 3.63) is 0 Å². The fourth-order valence-corrected chi connectivity index (χ4v) is 0.982. The quantitative estimate of drug-likeness (QED) is 0.555. The smallest absolute Gasteiger partial charge is 0.105 e. The number of hydrogen-bond donors (Lipinski definition) is 1. The largest absolute Gasteiger partial charge is 0.316 e. The molecule has 0 radical (unpaired) electrons. The highest BCUT2D eigenvalue weighted by Gasteiger charge is 2.18. The van der Waals surface area contributed by atoms with Crippen molar-refractivity contribution in [2.75, 3.05) is 13.1 Å². The van der Waals surface area contributed by atoms with E-state index in [1.165, 1.54) is 0 Å². The first kappa shape index (κ1) is 9.18. The van der Waals surface area contributed by atoms with Gasteiger partial charge in [-0.25, -0.2) is 4.39 Å². The van der Waals surface area contributed by atoms with Crippen molar-refractivity contribution in [2.24, 2.45) is 5.92 Å². The molecule has 0 aromatic carbocycles. The molecule has 56 valence electrons. The Hall–Kier alpha value is 0.180. The molecule has 1 heterocycles. The minimum absolute atomic E-state index is 0. The summed E-state index contributed by atoms with van der Waals surface area (Å²) in [5.41, 5.74) is 0. The van der Waals surface area contributed by atoms with Crippen LogP contribution in [0.1, 0.15) is 13.3 Å². The molecule has 3 heteroatoms. The van der Waals surface area contributed by atoms with Crippen LogP contribution in [-0.2, 0) is 0 Å². The lowest BCUT2D eigenvalue weighted by Gasteiger charge is -2.22. The zero-order valence-corrected chi connectivity index (χ0v) is 6.38. The van der Waals surface area contributed by atoms with Crippen LogP contribution < -0.4 is 5.32 Å². The lowest BCUT2D eigenvalue weighted by molar-refractivity contribution is 0.192. The maximum atomic E-state index is 12.5. The minimum Gasteiger partial charge on any atom is -0.316 e. The Morgan fingerprint density at radius 1 is 1.56 bits per heavy atom. The normalized spacial score (nSPS) is 35.3. The molecule has 0 amide bonds. The van der Waals surface area contributed by atoms with E-state index in [9.17, 15) is 4.39 Å². The van der Waals surface area contributed by atoms with Crippen molar-refractivity contribution in [3.63, 3.8) is 0 Å². The van der Waals surface area contributed by atoms with Gasteiger partial charge in [0.2, 0.25) is 0 Å². The second-order valence-electron chi connectivity index (χ2n) is 2.49. The summed E-state index contributed by atoms with van der Waals surface area (Å²) in [5.74, 6) is 0.226. The van der Waals surface area contributed by atoms with Gasteiger partial charge in [-0.1, -0.05) is 6.92 Å². The number of rotatable bonds is 0. The van der Waals surface area contributed by atoms with Gasteiger partial charge in [0.25, 0.3) is 0 Å². The molecule has 9 heavy (non-hydrogen) atoms. The van der Waals surface area contributed by atoms with E-state index in [1.807, 2.05) is 6.92 Å². The van der Waals surface area contributed by atoms with E-state index in [4.69, 9.17) is 0 Å². The summed E-state index contributed by atoms with van der Waals surface area (Å²) in [4.78, 5) is 0. The summed E-state index contributed by atoms with van der Waals surface area (Å²) in [6.07, 6.45) is 0.137. The van der Waals surface area contributed by atoms with Gasteiger partial charge in [0.1, 0.15) is 6.17 Å². The molecule has 1 nitrogen and oxygen atoms in total. The highest BCUT2D eigenvalue weighted by molar-refractivity contribution is 5.85. The first-order valence-electron chi connectivity index (χ1n) is 3.15. The molecule has 0 spiro atoms. The fraction of sp³-hybridized carbons (Fsp3) is 1.00. The van der Waals surface area contributed by atoms with E-state index >= 15 is 0 Å². The SMILES string of the molecule is C[C@@H]1CNCC[C@H]1F.Cl. The molecule has 1 rings (SSSR count). The Labute approximate surface area is 61.4 Å². The number of nitrogens with one attached hydrogen (secondary N) is 1. The van der Waals surface area contributed by atoms with Crippen molar-refractivity contribution in [1.29, 1.82) is 0 Å². The molecule has 0 bridgehead atoms. The lowest BCUT2D eigenvalue weighted by atomic mass is 10.0. The standard InChI is InChI=1S/C6H12FN.ClH/c1-5-4-8-3-2-6(5)7;/h5-6,8H,2-4H2,1H3;1H/t5-,6-;/m1./s1. The van der Waals surface area contributed by atoms with Crippen LogP contribution >= 0.6 is 12.4 Å². The summed E-state index contributed by atoms with van der Waals surface area (Å²) in [6.45, 7) is 3.64. The van der Waals surface area contributed by atoms with E-state index in [-0.39, 0.29) is 18.3 Å². The number of halogens is 2. The van der Waals surface area contributed by atoms with Crippen molar-refractivity contribution in [1.82, 2.24) is 5.32 Å². The Morgan fingerprint density at radius 3 is 2.56 bits per heavy atom. The molecular formula is C6H13ClFN. The summed E-state index contributed by atoms with van der Waals surface area (Å²) >= 11 is 0. The number of alkyl halides is 1. The van der Waals surface area contributed by atoms with Crippen LogP contribution in [0.2, 0.25) is 0 Å². The Morgan fingerprint density at radius 2 is 2.22 bits per heavy atom. The summed E-state index contributed by atoms with van der Waals surface area (Å²) in [5, 5.41) is 3.12. The monoisotopic (exact) mass is 153 g/mol. The predicted octanol–water partition coefficient (Wildman–Crippen LogP) is 1.38. The minimum atomic E-state index is -0.559. The number of hydrogen-bond acceptors (Lipinski definition) is 1. The maximum Gasteiger partial charge on any atom is 0.105 e. The molecule has 1 N–H and O–H groups in total. The zero-order chi connectivity index (χ0) is 5.98. The van der Waals surface area contributed by atoms with Crippen molar-refractivity contribution in [2.45, 2.75) is 19.5 Å². The van der Waals surface area contributed by atoms with Gasteiger partial charge in [-0.15, -0.1) is 12.4 Å². The molecule has 1 aliphatic rings. The van der Waals surface area contributed by atoms with E-state index in [0.29, 0.717) is 6.42 Å². The van der Waals surface area contributed by atoms with Crippen LogP contribution in [0.15, 0.2) is 0 Å². The van der Waals surface area contributed by atoms with Crippen LogP contribution in [-0.4, -0.2) is 19.3 Å². The van der Waals surface area contributed by atoms with E-state index < -0.39 is 6.17 Å². The third kappa shape index (κ3) is 2.50. The summed E-state index contributed by atoms with van der Waals surface area (Å²) in [6, 6.07) is 0. The van der Waals surface area contributed by atoms with Gasteiger partial charge in [-0.05, 0) is 18.9 Å². The summed E-state index contributed by atoms with van der Waals surface area (Å²) < 4.78 is 12.5. The zero-order valence-electron chi connectivity index (χ0n) is 5.56. The van der Waals surface area contributed by atoms with E-state index in [1.54, 1.807) is 0 Å². The molecule has 1 saturated heterocycles. The Balaban J connectivity index is 0.000000640. The molecule has 1 fully saturated rings. The molecule has 0 aromatic rings. The molecule has 1 aliphatic heterocycles. The molecule has 0 unspecified atom stereocenters. The maximum absolute atomic E-state index is 12.5. The average Bonchev–Trinajstić information content (AvgIpc) is 1.77. The molecule has 0 aliphatic carbocycles. The van der Waals surface area contributed by atoms with Crippen LogP contribution in [0.5, 0.6) is 0 Å². The fourth-order valence-electron chi connectivity index (χ4n) is 0.982. The van der Waals surface area contributed by atoms with Crippen LogP contribution in [0.3, 0.4) is 0 Å². The van der Waals surface area contributed by atoms with Crippen molar-refractivity contribution < 1.29 is 4.39 Å². The molecule has 2 atom stereocenters. The number of piperidine rings is 1. The van der Waals surface area contributed by atoms with Crippen LogP contribution in [0.25, 0.3) is 0 Å². The predicted molar refractivity (Wildman–Crippen MR) is 38.8 cm³/mol.